The zero-order valence-electron chi connectivity index (χ0n) is 27.4. The lowest BCUT2D eigenvalue weighted by Crippen LogP contribution is -2.58. The zero-order valence-corrected chi connectivity index (χ0v) is 27.4. The molecule has 12 unspecified atom stereocenters. The average molecular weight is 586 g/mol. The Morgan fingerprint density at radius 3 is 2.43 bits per heavy atom. The summed E-state index contributed by atoms with van der Waals surface area (Å²) in [7, 11) is 0. The number of ether oxygens (including phenoxy) is 4. The molecule has 6 nitrogen and oxygen atoms in total. The Bertz CT molecular complexity index is 1050. The number of aliphatic hydroxyl groups excluding tert-OH is 1. The highest BCUT2D eigenvalue weighted by atomic mass is 16.7. The Balaban J connectivity index is 0.971. The fourth-order valence-corrected chi connectivity index (χ4v) is 13.0. The van der Waals surface area contributed by atoms with E-state index in [9.17, 15) is 5.11 Å². The van der Waals surface area contributed by atoms with E-state index in [1.54, 1.807) is 0 Å². The minimum Gasteiger partial charge on any atom is -0.390 e. The van der Waals surface area contributed by atoms with Gasteiger partial charge in [-0.2, -0.15) is 0 Å². The second kappa shape index (κ2) is 9.64. The van der Waals surface area contributed by atoms with Crippen molar-refractivity contribution in [3.8, 4) is 0 Å². The molecule has 0 amide bonds. The van der Waals surface area contributed by atoms with Crippen molar-refractivity contribution in [3.63, 3.8) is 0 Å². The largest absolute Gasteiger partial charge is 0.390 e. The quantitative estimate of drug-likeness (QED) is 0.434. The van der Waals surface area contributed by atoms with Crippen molar-refractivity contribution in [3.05, 3.63) is 0 Å². The van der Waals surface area contributed by atoms with E-state index in [4.69, 9.17) is 18.9 Å². The highest BCUT2D eigenvalue weighted by Gasteiger charge is 2.80. The molecular formula is C36H59NO5. The molecule has 0 aromatic heterocycles. The summed E-state index contributed by atoms with van der Waals surface area (Å²) >= 11 is 0. The molecular weight excluding hydrogens is 526 g/mol. The van der Waals surface area contributed by atoms with Gasteiger partial charge in [0.1, 0.15) is 0 Å². The minimum absolute atomic E-state index is 0.00493. The highest BCUT2D eigenvalue weighted by Crippen LogP contribution is 2.87. The average Bonchev–Trinajstić information content (AvgIpc) is 3.48. The molecule has 6 heteroatoms. The van der Waals surface area contributed by atoms with Gasteiger partial charge in [-0.3, -0.25) is 4.90 Å². The van der Waals surface area contributed by atoms with Crippen molar-refractivity contribution in [2.75, 3.05) is 32.9 Å². The third kappa shape index (κ3) is 4.03. The predicted octanol–water partition coefficient (Wildman–Crippen LogP) is 6.04. The maximum Gasteiger partial charge on any atom is 0.170 e. The number of aliphatic hydroxyl groups is 1. The van der Waals surface area contributed by atoms with Crippen LogP contribution in [0, 0.1) is 50.7 Å². The number of hydrogen-bond donors (Lipinski definition) is 1. The molecule has 3 heterocycles. The summed E-state index contributed by atoms with van der Waals surface area (Å²) in [4.78, 5) is 2.53. The first-order chi connectivity index (χ1) is 19.9. The molecule has 1 N–H and O–H groups in total. The van der Waals surface area contributed by atoms with Crippen molar-refractivity contribution >= 4 is 0 Å². The van der Waals surface area contributed by atoms with Crippen LogP contribution in [0.5, 0.6) is 0 Å². The molecule has 0 aromatic rings. The number of morpholine rings is 1. The van der Waals surface area contributed by atoms with E-state index in [0.717, 1.165) is 57.1 Å². The Morgan fingerprint density at radius 2 is 1.69 bits per heavy atom. The van der Waals surface area contributed by atoms with Crippen molar-refractivity contribution < 1.29 is 24.1 Å². The summed E-state index contributed by atoms with van der Waals surface area (Å²) in [5.41, 5.74) is 1.56. The third-order valence-corrected chi connectivity index (χ3v) is 15.3. The number of fused-ring (bicyclic) bond motifs is 4. The van der Waals surface area contributed by atoms with Gasteiger partial charge in [0.2, 0.25) is 0 Å². The Morgan fingerprint density at radius 1 is 0.905 bits per heavy atom. The van der Waals surface area contributed by atoms with Crippen LogP contribution in [-0.4, -0.2) is 79.7 Å². The van der Waals surface area contributed by atoms with Crippen LogP contribution in [0.1, 0.15) is 106 Å². The molecule has 5 aliphatic carbocycles. The summed E-state index contributed by atoms with van der Waals surface area (Å²) < 4.78 is 25.4. The Labute approximate surface area is 254 Å². The number of hydrogen-bond acceptors (Lipinski definition) is 6. The van der Waals surface area contributed by atoms with Gasteiger partial charge in [-0.05, 0) is 115 Å². The molecule has 8 rings (SSSR count). The van der Waals surface area contributed by atoms with Crippen molar-refractivity contribution in [2.45, 2.75) is 142 Å². The van der Waals surface area contributed by atoms with Crippen LogP contribution < -0.4 is 0 Å². The first kappa shape index (κ1) is 29.2. The van der Waals surface area contributed by atoms with Gasteiger partial charge >= 0.3 is 0 Å². The van der Waals surface area contributed by atoms with Gasteiger partial charge in [-0.25, -0.2) is 0 Å². The molecule has 0 aromatic carbocycles. The fraction of sp³-hybridized carbons (Fsp3) is 1.00. The zero-order chi connectivity index (χ0) is 29.3. The second-order valence-corrected chi connectivity index (χ2v) is 18.3. The van der Waals surface area contributed by atoms with Gasteiger partial charge in [-0.15, -0.1) is 0 Å². The molecule has 8 fully saturated rings. The minimum atomic E-state index is -0.378. The fourth-order valence-electron chi connectivity index (χ4n) is 13.0. The summed E-state index contributed by atoms with van der Waals surface area (Å²) in [5, 5.41) is 11.1. The van der Waals surface area contributed by atoms with Gasteiger partial charge < -0.3 is 24.1 Å². The van der Waals surface area contributed by atoms with E-state index in [1.807, 2.05) is 0 Å². The van der Waals surface area contributed by atoms with Gasteiger partial charge in [0.15, 0.2) is 6.29 Å². The Hall–Kier alpha value is -0.240. The third-order valence-electron chi connectivity index (χ3n) is 15.3. The smallest absolute Gasteiger partial charge is 0.170 e. The summed E-state index contributed by atoms with van der Waals surface area (Å²) in [6, 6.07) is 0.556. The lowest BCUT2D eigenvalue weighted by atomic mass is 9.46. The summed E-state index contributed by atoms with van der Waals surface area (Å²) in [5.74, 6) is 3.09. The van der Waals surface area contributed by atoms with E-state index in [2.05, 4.69) is 46.4 Å². The molecule has 12 atom stereocenters. The highest BCUT2D eigenvalue weighted by molar-refractivity contribution is 5.29. The van der Waals surface area contributed by atoms with Gasteiger partial charge in [0, 0.05) is 6.54 Å². The molecule has 5 saturated carbocycles. The normalized spacial score (nSPS) is 52.6. The maximum atomic E-state index is 11.1. The molecule has 238 valence electrons. The van der Waals surface area contributed by atoms with E-state index in [0.29, 0.717) is 34.3 Å². The molecule has 3 saturated heterocycles. The topological polar surface area (TPSA) is 60.4 Å². The molecule has 0 radical (unpaired) electrons. The van der Waals surface area contributed by atoms with Crippen LogP contribution in [-0.2, 0) is 18.9 Å². The van der Waals surface area contributed by atoms with Gasteiger partial charge in [0.05, 0.1) is 56.8 Å². The van der Waals surface area contributed by atoms with E-state index < -0.39 is 0 Å². The molecule has 8 aliphatic rings. The standard InChI is InChI=1S/C36H59NO5/c1-32(2,3)31(38)26-9-7-24-27(41-26)17-25-23-8-10-28-33(4,5)29(42-30-18-37(15-16-40-30)22-19-39-20-22)11-12-36(28)21-35(23,36)14-13-34(24,25)6/h22-31,38H,7-21H2,1-6H3. The van der Waals surface area contributed by atoms with Crippen molar-refractivity contribution in [1.82, 2.24) is 4.90 Å². The summed E-state index contributed by atoms with van der Waals surface area (Å²) in [6.45, 7) is 18.6. The van der Waals surface area contributed by atoms with E-state index >= 15 is 0 Å². The molecule has 0 bridgehead atoms. The molecule has 42 heavy (non-hydrogen) atoms. The van der Waals surface area contributed by atoms with Crippen LogP contribution in [0.2, 0.25) is 0 Å². The lowest BCUT2D eigenvalue weighted by molar-refractivity contribution is -0.253. The van der Waals surface area contributed by atoms with Crippen LogP contribution in [0.4, 0.5) is 0 Å². The van der Waals surface area contributed by atoms with Crippen molar-refractivity contribution in [1.29, 1.82) is 0 Å². The monoisotopic (exact) mass is 585 g/mol. The van der Waals surface area contributed by atoms with E-state index in [-0.39, 0.29) is 35.4 Å². The van der Waals surface area contributed by atoms with Crippen LogP contribution in [0.15, 0.2) is 0 Å². The van der Waals surface area contributed by atoms with E-state index in [1.165, 1.54) is 57.8 Å². The van der Waals surface area contributed by atoms with Gasteiger partial charge in [-0.1, -0.05) is 41.5 Å². The predicted molar refractivity (Wildman–Crippen MR) is 162 cm³/mol. The Kier molecular flexibility index (Phi) is 6.70. The molecule has 3 aliphatic heterocycles. The first-order valence-corrected chi connectivity index (χ1v) is 17.8. The molecule has 2 spiro atoms. The van der Waals surface area contributed by atoms with Crippen LogP contribution in [0.25, 0.3) is 0 Å². The van der Waals surface area contributed by atoms with Crippen LogP contribution >= 0.6 is 0 Å². The lowest BCUT2D eigenvalue weighted by Gasteiger charge is -2.60. The number of nitrogens with zero attached hydrogens (tertiary/aromatic N) is 1. The maximum absolute atomic E-state index is 11.1. The second-order valence-electron chi connectivity index (χ2n) is 18.3. The first-order valence-electron chi connectivity index (χ1n) is 17.8. The van der Waals surface area contributed by atoms with Crippen LogP contribution in [0.3, 0.4) is 0 Å². The van der Waals surface area contributed by atoms with Gasteiger partial charge in [0.25, 0.3) is 0 Å². The number of rotatable bonds is 4. The SMILES string of the molecule is CC(C)(C)C(O)C1CCC2C(CC3C4CCC5C(C)(C)C(OC6CN(C7COC7)CCO6)CCC56CC46CCC23C)O1. The van der Waals surface area contributed by atoms with Crippen molar-refractivity contribution in [2.24, 2.45) is 50.7 Å². The summed E-state index contributed by atoms with van der Waals surface area (Å²) in [6.07, 6.45) is 13.2.